The molecule has 0 saturated carbocycles. The maximum absolute atomic E-state index is 13.1. The Morgan fingerprint density at radius 3 is 2.37 bits per heavy atom. The van der Waals surface area contributed by atoms with Crippen LogP contribution in [0.1, 0.15) is 35.9 Å². The lowest BCUT2D eigenvalue weighted by Crippen LogP contribution is -2.38. The van der Waals surface area contributed by atoms with Gasteiger partial charge < -0.3 is 9.88 Å². The summed E-state index contributed by atoms with van der Waals surface area (Å²) in [7, 11) is -1.92. The van der Waals surface area contributed by atoms with Crippen molar-refractivity contribution < 1.29 is 13.2 Å². The van der Waals surface area contributed by atoms with Gasteiger partial charge in [-0.1, -0.05) is 18.5 Å². The molecular formula is C19H24ClN3O3S. The molecule has 8 heteroatoms. The first kappa shape index (κ1) is 19.9. The fourth-order valence-electron chi connectivity index (χ4n) is 3.24. The minimum Gasteiger partial charge on any atom is -0.343 e. The molecule has 1 aliphatic rings. The molecule has 1 fully saturated rings. The van der Waals surface area contributed by atoms with Crippen molar-refractivity contribution in [2.75, 3.05) is 18.4 Å². The van der Waals surface area contributed by atoms with Crippen molar-refractivity contribution in [1.29, 1.82) is 0 Å². The Hall–Kier alpha value is -1.83. The van der Waals surface area contributed by atoms with Gasteiger partial charge in [0, 0.05) is 36.5 Å². The van der Waals surface area contributed by atoms with Gasteiger partial charge in [-0.2, -0.15) is 4.31 Å². The Balaban J connectivity index is 1.87. The van der Waals surface area contributed by atoms with Crippen LogP contribution in [-0.4, -0.2) is 36.3 Å². The standard InChI is InChI=1S/C19H24ClN3O3S/c1-13-8-10-23(11-9-13)27(25,26)18-12-17(22(3)14(18)2)19(24)21-16-6-4-15(20)5-7-16/h4-7,12-13H,8-11H2,1-3H3,(H,21,24). The maximum Gasteiger partial charge on any atom is 0.272 e. The van der Waals surface area contributed by atoms with Gasteiger partial charge in [-0.15, -0.1) is 0 Å². The molecule has 3 rings (SSSR count). The van der Waals surface area contributed by atoms with Crippen LogP contribution < -0.4 is 5.32 Å². The van der Waals surface area contributed by atoms with Gasteiger partial charge in [0.05, 0.1) is 0 Å². The van der Waals surface area contributed by atoms with Crippen LogP contribution in [-0.2, 0) is 17.1 Å². The Labute approximate surface area is 165 Å². The number of aromatic nitrogens is 1. The van der Waals surface area contributed by atoms with Crippen LogP contribution in [0.25, 0.3) is 0 Å². The number of piperidine rings is 1. The molecule has 146 valence electrons. The third-order valence-corrected chi connectivity index (χ3v) is 7.45. The van der Waals surface area contributed by atoms with Gasteiger partial charge in [0.15, 0.2) is 0 Å². The number of halogens is 1. The summed E-state index contributed by atoms with van der Waals surface area (Å²) in [5.74, 6) is 0.172. The van der Waals surface area contributed by atoms with Crippen molar-refractivity contribution in [2.24, 2.45) is 13.0 Å². The number of nitrogens with zero attached hydrogens (tertiary/aromatic N) is 2. The van der Waals surface area contributed by atoms with Crippen LogP contribution in [0.3, 0.4) is 0 Å². The number of sulfonamides is 1. The molecule has 1 aliphatic heterocycles. The molecule has 1 N–H and O–H groups in total. The van der Waals surface area contributed by atoms with Crippen LogP contribution in [0, 0.1) is 12.8 Å². The second kappa shape index (κ2) is 7.66. The summed E-state index contributed by atoms with van der Waals surface area (Å²) in [5.41, 5.74) is 1.44. The number of benzene rings is 1. The molecule has 0 atom stereocenters. The lowest BCUT2D eigenvalue weighted by molar-refractivity contribution is 0.101. The molecule has 0 aliphatic carbocycles. The van der Waals surface area contributed by atoms with E-state index in [2.05, 4.69) is 12.2 Å². The first-order valence-corrected chi connectivity index (χ1v) is 10.8. The second-order valence-electron chi connectivity index (χ2n) is 7.09. The summed E-state index contributed by atoms with van der Waals surface area (Å²) in [4.78, 5) is 12.9. The van der Waals surface area contributed by atoms with E-state index in [0.29, 0.717) is 41.1 Å². The highest BCUT2D eigenvalue weighted by Crippen LogP contribution is 2.27. The molecule has 0 unspecified atom stereocenters. The Morgan fingerprint density at radius 1 is 1.19 bits per heavy atom. The van der Waals surface area contributed by atoms with Crippen LogP contribution in [0.5, 0.6) is 0 Å². The molecule has 1 saturated heterocycles. The zero-order valence-corrected chi connectivity index (χ0v) is 17.3. The first-order valence-electron chi connectivity index (χ1n) is 8.93. The summed E-state index contributed by atoms with van der Waals surface area (Å²) in [5, 5.41) is 3.35. The number of amides is 1. The summed E-state index contributed by atoms with van der Waals surface area (Å²) in [6.07, 6.45) is 1.71. The average molecular weight is 410 g/mol. The Morgan fingerprint density at radius 2 is 1.78 bits per heavy atom. The summed E-state index contributed by atoms with van der Waals surface area (Å²) >= 11 is 5.86. The maximum atomic E-state index is 13.1. The van der Waals surface area contributed by atoms with E-state index in [9.17, 15) is 13.2 Å². The van der Waals surface area contributed by atoms with Crippen LogP contribution in [0.2, 0.25) is 5.02 Å². The van der Waals surface area contributed by atoms with E-state index >= 15 is 0 Å². The van der Waals surface area contributed by atoms with Gasteiger partial charge in [-0.25, -0.2) is 8.42 Å². The van der Waals surface area contributed by atoms with Crippen molar-refractivity contribution in [3.05, 3.63) is 46.7 Å². The van der Waals surface area contributed by atoms with Crippen molar-refractivity contribution in [2.45, 2.75) is 31.6 Å². The van der Waals surface area contributed by atoms with Crippen molar-refractivity contribution in [3.63, 3.8) is 0 Å². The van der Waals surface area contributed by atoms with Gasteiger partial charge in [-0.05, 0) is 56.0 Å². The second-order valence-corrected chi connectivity index (χ2v) is 9.43. The topological polar surface area (TPSA) is 71.4 Å². The summed E-state index contributed by atoms with van der Waals surface area (Å²) < 4.78 is 29.3. The van der Waals surface area contributed by atoms with E-state index in [-0.39, 0.29) is 10.8 Å². The van der Waals surface area contributed by atoms with Gasteiger partial charge in [0.2, 0.25) is 10.0 Å². The van der Waals surface area contributed by atoms with Gasteiger partial charge >= 0.3 is 0 Å². The molecule has 1 aromatic carbocycles. The minimum absolute atomic E-state index is 0.195. The van der Waals surface area contributed by atoms with E-state index in [1.807, 2.05) is 0 Å². The molecule has 0 radical (unpaired) electrons. The number of carbonyl (C=O) groups excluding carboxylic acids is 1. The lowest BCUT2D eigenvalue weighted by Gasteiger charge is -2.29. The molecule has 2 aromatic rings. The number of rotatable bonds is 4. The molecule has 2 heterocycles. The minimum atomic E-state index is -3.61. The molecule has 27 heavy (non-hydrogen) atoms. The third kappa shape index (κ3) is 4.05. The lowest BCUT2D eigenvalue weighted by atomic mass is 10.0. The van der Waals surface area contributed by atoms with Crippen LogP contribution >= 0.6 is 11.6 Å². The largest absolute Gasteiger partial charge is 0.343 e. The summed E-state index contributed by atoms with van der Waals surface area (Å²) in [6.45, 7) is 4.89. The van der Waals surface area contributed by atoms with Gasteiger partial charge in [0.1, 0.15) is 10.6 Å². The molecule has 6 nitrogen and oxygen atoms in total. The SMILES string of the molecule is Cc1c(S(=O)(=O)N2CCC(C)CC2)cc(C(=O)Nc2ccc(Cl)cc2)n1C. The number of carbonyl (C=O) groups is 1. The van der Waals surface area contributed by atoms with Gasteiger partial charge in [0.25, 0.3) is 5.91 Å². The van der Waals surface area contributed by atoms with E-state index in [1.165, 1.54) is 10.4 Å². The molecular weight excluding hydrogens is 386 g/mol. The number of nitrogens with one attached hydrogen (secondary N) is 1. The average Bonchev–Trinajstić information content (AvgIpc) is 2.93. The summed E-state index contributed by atoms with van der Waals surface area (Å²) in [6, 6.07) is 8.22. The Kier molecular flexibility index (Phi) is 5.65. The molecule has 1 aromatic heterocycles. The van der Waals surface area contributed by atoms with Crippen LogP contribution in [0.15, 0.2) is 35.2 Å². The number of anilines is 1. The van der Waals surface area contributed by atoms with E-state index in [0.717, 1.165) is 12.8 Å². The zero-order valence-electron chi connectivity index (χ0n) is 15.7. The quantitative estimate of drug-likeness (QED) is 0.837. The molecule has 0 bridgehead atoms. The van der Waals surface area contributed by atoms with Crippen molar-refractivity contribution in [3.8, 4) is 0 Å². The van der Waals surface area contributed by atoms with Gasteiger partial charge in [-0.3, -0.25) is 4.79 Å². The predicted octanol–water partition coefficient (Wildman–Crippen LogP) is 3.66. The fourth-order valence-corrected chi connectivity index (χ4v) is 5.11. The van der Waals surface area contributed by atoms with Crippen LogP contribution in [0.4, 0.5) is 5.69 Å². The van der Waals surface area contributed by atoms with E-state index in [1.54, 1.807) is 42.8 Å². The Bertz CT molecular complexity index is 943. The molecule has 0 spiro atoms. The van der Waals surface area contributed by atoms with Crippen molar-refractivity contribution >= 4 is 33.2 Å². The normalized spacial score (nSPS) is 16.4. The number of hydrogen-bond donors (Lipinski definition) is 1. The first-order chi connectivity index (χ1) is 12.7. The smallest absolute Gasteiger partial charge is 0.272 e. The number of hydrogen-bond acceptors (Lipinski definition) is 3. The highest BCUT2D eigenvalue weighted by molar-refractivity contribution is 7.89. The highest BCUT2D eigenvalue weighted by Gasteiger charge is 2.32. The predicted molar refractivity (Wildman–Crippen MR) is 107 cm³/mol. The monoisotopic (exact) mass is 409 g/mol. The van der Waals surface area contributed by atoms with E-state index < -0.39 is 10.0 Å². The van der Waals surface area contributed by atoms with Crippen molar-refractivity contribution in [1.82, 2.24) is 8.87 Å². The fraction of sp³-hybridized carbons (Fsp3) is 0.421. The highest BCUT2D eigenvalue weighted by atomic mass is 35.5. The van der Waals surface area contributed by atoms with E-state index in [4.69, 9.17) is 11.6 Å². The zero-order chi connectivity index (χ0) is 19.8. The molecule has 1 amide bonds. The third-order valence-electron chi connectivity index (χ3n) is 5.18.